The second-order valence-corrected chi connectivity index (χ2v) is 6.47. The van der Waals surface area contributed by atoms with Crippen LogP contribution in [0.5, 0.6) is 0 Å². The summed E-state index contributed by atoms with van der Waals surface area (Å²) < 4.78 is 16.8. The maximum atomic E-state index is 5.67. The van der Waals surface area contributed by atoms with E-state index in [0.29, 0.717) is 18.4 Å². The maximum absolute atomic E-state index is 5.67. The summed E-state index contributed by atoms with van der Waals surface area (Å²) in [6, 6.07) is 0.223. The van der Waals surface area contributed by atoms with Crippen LogP contribution >= 0.6 is 0 Å². The van der Waals surface area contributed by atoms with E-state index in [1.807, 2.05) is 6.92 Å². The van der Waals surface area contributed by atoms with Gasteiger partial charge >= 0.3 is 0 Å². The highest BCUT2D eigenvalue weighted by atomic mass is 16.5. The first-order valence-electron chi connectivity index (χ1n) is 8.75. The number of hydrogen-bond donors (Lipinski definition) is 2. The van der Waals surface area contributed by atoms with E-state index in [9.17, 15) is 0 Å². The second-order valence-electron chi connectivity index (χ2n) is 6.47. The van der Waals surface area contributed by atoms with Gasteiger partial charge in [-0.25, -0.2) is 0 Å². The fourth-order valence-electron chi connectivity index (χ4n) is 1.78. The van der Waals surface area contributed by atoms with Gasteiger partial charge in [-0.3, -0.25) is 0 Å². The van der Waals surface area contributed by atoms with Crippen molar-refractivity contribution in [1.82, 2.24) is 0 Å². The Morgan fingerprint density at radius 1 is 0.727 bits per heavy atom. The zero-order valence-corrected chi connectivity index (χ0v) is 14.9. The van der Waals surface area contributed by atoms with Gasteiger partial charge in [0, 0.05) is 39.1 Å². The molecule has 0 saturated heterocycles. The lowest BCUT2D eigenvalue weighted by atomic mass is 10.1. The van der Waals surface area contributed by atoms with Crippen molar-refractivity contribution in [1.29, 1.82) is 0 Å². The van der Waals surface area contributed by atoms with Crippen molar-refractivity contribution in [3.63, 3.8) is 0 Å². The Balaban J connectivity index is 3.18. The van der Waals surface area contributed by atoms with E-state index < -0.39 is 0 Å². The maximum Gasteiger partial charge on any atom is 0.0503 e. The highest BCUT2D eigenvalue weighted by Crippen LogP contribution is 2.04. The molecule has 0 fully saturated rings. The molecule has 0 aromatic carbocycles. The number of nitrogens with two attached hydrogens (primary N) is 2. The first kappa shape index (κ1) is 21.8. The van der Waals surface area contributed by atoms with Crippen molar-refractivity contribution in [2.45, 2.75) is 52.5 Å². The molecule has 0 aromatic heterocycles. The molecule has 0 rings (SSSR count). The molecule has 0 aliphatic rings. The normalized spacial score (nSPS) is 15.7. The minimum atomic E-state index is 0.223. The van der Waals surface area contributed by atoms with E-state index >= 15 is 0 Å². The van der Waals surface area contributed by atoms with E-state index in [0.717, 1.165) is 65.3 Å². The number of ether oxygens (including phenoxy) is 3. The summed E-state index contributed by atoms with van der Waals surface area (Å²) in [6.07, 6.45) is 4.07. The lowest BCUT2D eigenvalue weighted by molar-refractivity contribution is 0.0662. The molecule has 3 atom stereocenters. The summed E-state index contributed by atoms with van der Waals surface area (Å²) in [5.41, 5.74) is 11.2. The van der Waals surface area contributed by atoms with Crippen LogP contribution in [0.2, 0.25) is 0 Å². The Morgan fingerprint density at radius 2 is 1.27 bits per heavy atom. The third-order valence-electron chi connectivity index (χ3n) is 3.51. The topological polar surface area (TPSA) is 79.7 Å². The molecule has 0 aromatic rings. The quantitative estimate of drug-likeness (QED) is 0.426. The predicted molar refractivity (Wildman–Crippen MR) is 92.0 cm³/mol. The Bertz CT molecular complexity index is 228. The summed E-state index contributed by atoms with van der Waals surface area (Å²) in [5, 5.41) is 0. The first-order chi connectivity index (χ1) is 10.6. The summed E-state index contributed by atoms with van der Waals surface area (Å²) in [6.45, 7) is 11.7. The van der Waals surface area contributed by atoms with Gasteiger partial charge in [0.15, 0.2) is 0 Å². The first-order valence-corrected chi connectivity index (χ1v) is 8.75. The van der Waals surface area contributed by atoms with Gasteiger partial charge < -0.3 is 25.7 Å². The number of rotatable bonds is 16. The van der Waals surface area contributed by atoms with Crippen LogP contribution in [0, 0.1) is 11.8 Å². The van der Waals surface area contributed by atoms with Crippen LogP contribution < -0.4 is 11.5 Å². The molecule has 0 heterocycles. The van der Waals surface area contributed by atoms with Crippen molar-refractivity contribution in [2.75, 3.05) is 46.2 Å². The molecule has 134 valence electrons. The SMILES string of the molecule is CC(N)CCOCC(C)CCOCCCCOCC(C)CN. The largest absolute Gasteiger partial charge is 0.381 e. The summed E-state index contributed by atoms with van der Waals surface area (Å²) in [7, 11) is 0. The average molecular weight is 319 g/mol. The minimum Gasteiger partial charge on any atom is -0.381 e. The molecular formula is C17H38N2O3. The van der Waals surface area contributed by atoms with Gasteiger partial charge in [0.05, 0.1) is 6.61 Å². The van der Waals surface area contributed by atoms with E-state index in [4.69, 9.17) is 25.7 Å². The van der Waals surface area contributed by atoms with Crippen LogP contribution in [0.25, 0.3) is 0 Å². The molecule has 0 radical (unpaired) electrons. The van der Waals surface area contributed by atoms with Crippen LogP contribution in [0.1, 0.15) is 46.5 Å². The van der Waals surface area contributed by atoms with Gasteiger partial charge in [-0.1, -0.05) is 13.8 Å². The Labute approximate surface area is 137 Å². The molecule has 0 aliphatic heterocycles. The monoisotopic (exact) mass is 318 g/mol. The Hall–Kier alpha value is -0.200. The standard InChI is InChI=1S/C17H38N2O3/c1-15(13-22-11-7-17(3)19)6-10-20-8-4-5-9-21-14-16(2)12-18/h15-17H,4-14,18-19H2,1-3H3. The fraction of sp³-hybridized carbons (Fsp3) is 1.00. The molecule has 0 aliphatic carbocycles. The second kappa shape index (κ2) is 15.7. The van der Waals surface area contributed by atoms with Crippen molar-refractivity contribution >= 4 is 0 Å². The van der Waals surface area contributed by atoms with Gasteiger partial charge in [0.2, 0.25) is 0 Å². The number of unbranched alkanes of at least 4 members (excludes halogenated alkanes) is 1. The van der Waals surface area contributed by atoms with Crippen LogP contribution in [0.4, 0.5) is 0 Å². The molecule has 0 saturated carbocycles. The van der Waals surface area contributed by atoms with Crippen molar-refractivity contribution in [2.24, 2.45) is 23.3 Å². The zero-order chi connectivity index (χ0) is 16.6. The van der Waals surface area contributed by atoms with Crippen LogP contribution in [0.3, 0.4) is 0 Å². The minimum absolute atomic E-state index is 0.223. The van der Waals surface area contributed by atoms with Crippen LogP contribution in [-0.2, 0) is 14.2 Å². The number of hydrogen-bond acceptors (Lipinski definition) is 5. The zero-order valence-electron chi connectivity index (χ0n) is 14.9. The molecular weight excluding hydrogens is 280 g/mol. The molecule has 22 heavy (non-hydrogen) atoms. The average Bonchev–Trinajstić information content (AvgIpc) is 2.49. The lowest BCUT2D eigenvalue weighted by Gasteiger charge is -2.13. The molecule has 5 nitrogen and oxygen atoms in total. The van der Waals surface area contributed by atoms with Crippen LogP contribution in [-0.4, -0.2) is 52.2 Å². The van der Waals surface area contributed by atoms with Gasteiger partial charge in [-0.05, 0) is 51.0 Å². The smallest absolute Gasteiger partial charge is 0.0503 e. The highest BCUT2D eigenvalue weighted by Gasteiger charge is 2.03. The summed E-state index contributed by atoms with van der Waals surface area (Å²) in [4.78, 5) is 0. The molecule has 0 bridgehead atoms. The van der Waals surface area contributed by atoms with E-state index in [-0.39, 0.29) is 6.04 Å². The van der Waals surface area contributed by atoms with Gasteiger partial charge in [0.1, 0.15) is 0 Å². The lowest BCUT2D eigenvalue weighted by Crippen LogP contribution is -2.18. The summed E-state index contributed by atoms with van der Waals surface area (Å²) >= 11 is 0. The van der Waals surface area contributed by atoms with E-state index in [1.54, 1.807) is 0 Å². The van der Waals surface area contributed by atoms with E-state index in [2.05, 4.69) is 13.8 Å². The molecule has 3 unspecified atom stereocenters. The predicted octanol–water partition coefficient (Wildman–Crippen LogP) is 2.17. The van der Waals surface area contributed by atoms with Crippen molar-refractivity contribution < 1.29 is 14.2 Å². The van der Waals surface area contributed by atoms with Gasteiger partial charge in [0.25, 0.3) is 0 Å². The van der Waals surface area contributed by atoms with Gasteiger partial charge in [-0.2, -0.15) is 0 Å². The third-order valence-corrected chi connectivity index (χ3v) is 3.51. The molecule has 0 spiro atoms. The summed E-state index contributed by atoms with van der Waals surface area (Å²) in [5.74, 6) is 0.988. The third kappa shape index (κ3) is 16.2. The molecule has 0 amide bonds. The van der Waals surface area contributed by atoms with Gasteiger partial charge in [-0.15, -0.1) is 0 Å². The fourth-order valence-corrected chi connectivity index (χ4v) is 1.78. The molecule has 4 N–H and O–H groups in total. The Kier molecular flexibility index (Phi) is 15.5. The molecule has 5 heteroatoms. The Morgan fingerprint density at radius 3 is 1.91 bits per heavy atom. The van der Waals surface area contributed by atoms with Crippen LogP contribution in [0.15, 0.2) is 0 Å². The van der Waals surface area contributed by atoms with Crippen molar-refractivity contribution in [3.05, 3.63) is 0 Å². The van der Waals surface area contributed by atoms with E-state index in [1.165, 1.54) is 0 Å². The highest BCUT2D eigenvalue weighted by molar-refractivity contribution is 4.54. The van der Waals surface area contributed by atoms with Crippen molar-refractivity contribution in [3.8, 4) is 0 Å².